The quantitative estimate of drug-likeness (QED) is 0.813. The van der Waals surface area contributed by atoms with Crippen LogP contribution in [0.4, 0.5) is 0 Å². The molecule has 0 aromatic carbocycles. The highest BCUT2D eigenvalue weighted by atomic mass is 32.1. The van der Waals surface area contributed by atoms with E-state index < -0.39 is 11.5 Å². The summed E-state index contributed by atoms with van der Waals surface area (Å²) in [5.41, 5.74) is 0.333. The van der Waals surface area contributed by atoms with E-state index in [0.717, 1.165) is 5.56 Å². The van der Waals surface area contributed by atoms with E-state index in [9.17, 15) is 9.59 Å². The molecule has 0 spiro atoms. The first-order valence-corrected chi connectivity index (χ1v) is 5.94. The van der Waals surface area contributed by atoms with Gasteiger partial charge in [0.25, 0.3) is 5.56 Å². The number of rotatable bonds is 1. The lowest BCUT2D eigenvalue weighted by Crippen LogP contribution is -2.19. The van der Waals surface area contributed by atoms with Crippen molar-refractivity contribution < 1.29 is 9.90 Å². The number of hydrogen-bond donors (Lipinski definition) is 2. The molecule has 2 aromatic heterocycles. The van der Waals surface area contributed by atoms with E-state index in [-0.39, 0.29) is 11.2 Å². The zero-order chi connectivity index (χ0) is 12.8. The lowest BCUT2D eigenvalue weighted by Gasteiger charge is -2.16. The van der Waals surface area contributed by atoms with Crippen LogP contribution in [-0.2, 0) is 5.41 Å². The highest BCUT2D eigenvalue weighted by Crippen LogP contribution is 2.31. The normalized spacial score (nSPS) is 11.9. The van der Waals surface area contributed by atoms with Crippen molar-refractivity contribution in [1.29, 1.82) is 0 Å². The van der Waals surface area contributed by atoms with Gasteiger partial charge in [-0.15, -0.1) is 11.3 Å². The van der Waals surface area contributed by atoms with Crippen LogP contribution in [0.5, 0.6) is 0 Å². The van der Waals surface area contributed by atoms with Crippen LogP contribution in [0.1, 0.15) is 37.0 Å². The van der Waals surface area contributed by atoms with Gasteiger partial charge < -0.3 is 10.1 Å². The van der Waals surface area contributed by atoms with Crippen LogP contribution < -0.4 is 5.56 Å². The lowest BCUT2D eigenvalue weighted by molar-refractivity contribution is 0.0683. The third-order valence-electron chi connectivity index (χ3n) is 2.45. The van der Waals surface area contributed by atoms with Gasteiger partial charge >= 0.3 is 5.97 Å². The minimum Gasteiger partial charge on any atom is -0.475 e. The number of nitrogens with one attached hydrogen (secondary N) is 1. The van der Waals surface area contributed by atoms with Crippen molar-refractivity contribution in [3.63, 3.8) is 0 Å². The number of nitrogens with zero attached hydrogens (tertiary/aromatic N) is 1. The van der Waals surface area contributed by atoms with Crippen LogP contribution in [0.25, 0.3) is 10.2 Å². The summed E-state index contributed by atoms with van der Waals surface area (Å²) < 4.78 is 0. The summed E-state index contributed by atoms with van der Waals surface area (Å²) in [6.07, 6.45) is 0. The van der Waals surface area contributed by atoms with E-state index in [0.29, 0.717) is 10.2 Å². The Bertz CT molecular complexity index is 649. The molecule has 0 aliphatic rings. The topological polar surface area (TPSA) is 83.0 Å². The van der Waals surface area contributed by atoms with Crippen molar-refractivity contribution in [2.45, 2.75) is 26.2 Å². The highest BCUT2D eigenvalue weighted by Gasteiger charge is 2.22. The van der Waals surface area contributed by atoms with Crippen LogP contribution in [-0.4, -0.2) is 21.0 Å². The Hall–Kier alpha value is -1.69. The Kier molecular flexibility index (Phi) is 2.54. The second-order valence-corrected chi connectivity index (χ2v) is 5.66. The first-order valence-electron chi connectivity index (χ1n) is 5.06. The summed E-state index contributed by atoms with van der Waals surface area (Å²) in [7, 11) is 0. The fraction of sp³-hybridized carbons (Fsp3) is 0.364. The molecule has 2 heterocycles. The van der Waals surface area contributed by atoms with Gasteiger partial charge in [0, 0.05) is 0 Å². The Labute approximate surface area is 101 Å². The van der Waals surface area contributed by atoms with Gasteiger partial charge in [0.1, 0.15) is 4.83 Å². The molecule has 0 radical (unpaired) electrons. The van der Waals surface area contributed by atoms with Gasteiger partial charge in [0.15, 0.2) is 0 Å². The Balaban J connectivity index is 2.81. The number of thiophene rings is 1. The van der Waals surface area contributed by atoms with Crippen LogP contribution in [0.15, 0.2) is 10.2 Å². The summed E-state index contributed by atoms with van der Waals surface area (Å²) in [5.74, 6) is -1.54. The summed E-state index contributed by atoms with van der Waals surface area (Å²) >= 11 is 1.29. The minimum atomic E-state index is -1.23. The first-order chi connectivity index (χ1) is 7.80. The molecule has 0 amide bonds. The maximum Gasteiger partial charge on any atom is 0.372 e. The number of aromatic carboxylic acids is 1. The Morgan fingerprint density at radius 1 is 1.47 bits per heavy atom. The molecule has 0 saturated carbocycles. The second-order valence-electron chi connectivity index (χ2n) is 4.80. The molecule has 2 N–H and O–H groups in total. The van der Waals surface area contributed by atoms with Crippen molar-refractivity contribution in [3.05, 3.63) is 27.1 Å². The fourth-order valence-corrected chi connectivity index (χ4v) is 2.77. The van der Waals surface area contributed by atoms with Gasteiger partial charge in [-0.25, -0.2) is 9.78 Å². The Morgan fingerprint density at radius 3 is 2.65 bits per heavy atom. The predicted molar refractivity (Wildman–Crippen MR) is 65.9 cm³/mol. The van der Waals surface area contributed by atoms with E-state index >= 15 is 0 Å². The lowest BCUT2D eigenvalue weighted by atomic mass is 9.87. The highest BCUT2D eigenvalue weighted by molar-refractivity contribution is 7.16. The molecule has 0 saturated heterocycles. The van der Waals surface area contributed by atoms with Crippen molar-refractivity contribution in [2.75, 3.05) is 0 Å². The molecular weight excluding hydrogens is 240 g/mol. The van der Waals surface area contributed by atoms with Gasteiger partial charge in [-0.2, -0.15) is 0 Å². The molecule has 0 bridgehead atoms. The predicted octanol–water partition coefficient (Wildman–Crippen LogP) is 1.98. The summed E-state index contributed by atoms with van der Waals surface area (Å²) in [6.45, 7) is 6.00. The molecule has 0 aliphatic heterocycles. The van der Waals surface area contributed by atoms with E-state index in [2.05, 4.69) is 9.97 Å². The molecule has 2 rings (SSSR count). The number of fused-ring (bicyclic) bond motifs is 1. The van der Waals surface area contributed by atoms with Crippen LogP contribution in [0, 0.1) is 0 Å². The summed E-state index contributed by atoms with van der Waals surface area (Å²) in [5, 5.41) is 11.2. The zero-order valence-electron chi connectivity index (χ0n) is 9.70. The molecule has 0 unspecified atom stereocenters. The van der Waals surface area contributed by atoms with E-state index in [1.165, 1.54) is 11.3 Å². The second kappa shape index (κ2) is 3.66. The van der Waals surface area contributed by atoms with E-state index in [4.69, 9.17) is 5.11 Å². The third kappa shape index (κ3) is 1.95. The number of hydrogen-bond acceptors (Lipinski definition) is 4. The summed E-state index contributed by atoms with van der Waals surface area (Å²) in [4.78, 5) is 29.3. The van der Waals surface area contributed by atoms with E-state index in [1.807, 2.05) is 26.2 Å². The largest absolute Gasteiger partial charge is 0.475 e. The van der Waals surface area contributed by atoms with E-state index in [1.54, 1.807) is 0 Å². The standard InChI is InChI=1S/C11H12N2O3S/c1-11(2,3)5-4-17-9-6(5)8(14)12-7(13-9)10(15)16/h4H,1-3H3,(H,15,16)(H,12,13,14). The van der Waals surface area contributed by atoms with Gasteiger partial charge in [0.05, 0.1) is 5.39 Å². The monoisotopic (exact) mass is 252 g/mol. The molecule has 17 heavy (non-hydrogen) atoms. The fourth-order valence-electron chi connectivity index (χ4n) is 1.60. The van der Waals surface area contributed by atoms with Crippen molar-refractivity contribution in [1.82, 2.24) is 9.97 Å². The molecule has 0 atom stereocenters. The maximum atomic E-state index is 11.9. The SMILES string of the molecule is CC(C)(C)c1csc2nc(C(=O)O)[nH]c(=O)c12. The summed E-state index contributed by atoms with van der Waals surface area (Å²) in [6, 6.07) is 0. The van der Waals surface area contributed by atoms with Gasteiger partial charge in [-0.05, 0) is 16.4 Å². The Morgan fingerprint density at radius 2 is 2.12 bits per heavy atom. The number of H-pyrrole nitrogens is 1. The third-order valence-corrected chi connectivity index (χ3v) is 3.33. The van der Waals surface area contributed by atoms with Crippen LogP contribution >= 0.6 is 11.3 Å². The van der Waals surface area contributed by atoms with Crippen LogP contribution in [0.2, 0.25) is 0 Å². The molecule has 0 aliphatic carbocycles. The minimum absolute atomic E-state index is 0.169. The molecule has 0 fully saturated rings. The average molecular weight is 252 g/mol. The van der Waals surface area contributed by atoms with Crippen molar-refractivity contribution in [2.24, 2.45) is 0 Å². The zero-order valence-corrected chi connectivity index (χ0v) is 10.5. The van der Waals surface area contributed by atoms with Crippen molar-refractivity contribution >= 4 is 27.5 Å². The molecule has 6 heteroatoms. The van der Waals surface area contributed by atoms with Crippen molar-refractivity contribution in [3.8, 4) is 0 Å². The van der Waals surface area contributed by atoms with Gasteiger partial charge in [-0.1, -0.05) is 20.8 Å². The smallest absolute Gasteiger partial charge is 0.372 e. The molecule has 5 nitrogen and oxygen atoms in total. The maximum absolute atomic E-state index is 11.9. The van der Waals surface area contributed by atoms with Gasteiger partial charge in [0.2, 0.25) is 5.82 Å². The molecule has 2 aromatic rings. The number of aromatic nitrogens is 2. The first kappa shape index (κ1) is 11.8. The number of carboxylic acid groups (broad SMARTS) is 1. The van der Waals surface area contributed by atoms with Gasteiger partial charge in [-0.3, -0.25) is 4.79 Å². The number of carbonyl (C=O) groups is 1. The number of aromatic amines is 1. The van der Waals surface area contributed by atoms with Crippen LogP contribution in [0.3, 0.4) is 0 Å². The average Bonchev–Trinajstić information content (AvgIpc) is 2.60. The number of carboxylic acids is 1. The molecule has 90 valence electrons. The molecular formula is C11H12N2O3S.